The zero-order chi connectivity index (χ0) is 26.8. The first-order valence-electron chi connectivity index (χ1n) is 12.7. The Labute approximate surface area is 227 Å². The maximum atomic E-state index is 13.3. The van der Waals surface area contributed by atoms with Crippen LogP contribution in [0.5, 0.6) is 0 Å². The first-order valence-corrected chi connectivity index (χ1v) is 13.1. The molecule has 0 saturated carbocycles. The van der Waals surface area contributed by atoms with Crippen molar-refractivity contribution in [1.82, 2.24) is 4.90 Å². The zero-order valence-corrected chi connectivity index (χ0v) is 22.2. The van der Waals surface area contributed by atoms with Crippen molar-refractivity contribution in [2.75, 3.05) is 36.4 Å². The number of hydrogen-bond donors (Lipinski definition) is 2. The summed E-state index contributed by atoms with van der Waals surface area (Å²) in [6, 6.07) is 22.9. The van der Waals surface area contributed by atoms with Crippen LogP contribution in [0.2, 0.25) is 0 Å². The summed E-state index contributed by atoms with van der Waals surface area (Å²) in [5.41, 5.74) is 4.68. The molecule has 3 amide bonds. The fourth-order valence-electron chi connectivity index (χ4n) is 5.07. The van der Waals surface area contributed by atoms with Gasteiger partial charge in [-0.3, -0.25) is 14.4 Å². The number of quaternary nitrogens is 1. The van der Waals surface area contributed by atoms with Crippen molar-refractivity contribution in [2.24, 2.45) is 0 Å². The van der Waals surface area contributed by atoms with Crippen molar-refractivity contribution < 1.29 is 19.3 Å². The van der Waals surface area contributed by atoms with E-state index < -0.39 is 11.8 Å². The molecule has 1 fully saturated rings. The molecule has 0 unspecified atom stereocenters. The molecular weight excluding hydrogens is 500 g/mol. The maximum absolute atomic E-state index is 13.3. The number of benzene rings is 3. The molecule has 38 heavy (non-hydrogen) atoms. The van der Waals surface area contributed by atoms with Crippen LogP contribution in [0, 0.1) is 13.8 Å². The van der Waals surface area contributed by atoms with Gasteiger partial charge in [-0.2, -0.15) is 0 Å². The molecule has 2 N–H and O–H groups in total. The summed E-state index contributed by atoms with van der Waals surface area (Å²) in [6.07, 6.45) is 0. The average molecular weight is 530 g/mol. The molecule has 0 aliphatic carbocycles. The monoisotopic (exact) mass is 529 g/mol. The van der Waals surface area contributed by atoms with Crippen molar-refractivity contribution in [3.63, 3.8) is 0 Å². The van der Waals surface area contributed by atoms with E-state index in [1.54, 1.807) is 36.4 Å². The number of rotatable bonds is 6. The Bertz CT molecular complexity index is 1410. The minimum absolute atomic E-state index is 0.00134. The van der Waals surface area contributed by atoms with Gasteiger partial charge in [0, 0.05) is 16.8 Å². The van der Waals surface area contributed by atoms with E-state index in [1.807, 2.05) is 30.9 Å². The predicted octanol–water partition coefficient (Wildman–Crippen LogP) is 3.28. The number of nitrogens with one attached hydrogen (secondary N) is 2. The van der Waals surface area contributed by atoms with Crippen LogP contribution < -0.4 is 15.1 Å². The van der Waals surface area contributed by atoms with E-state index in [1.165, 1.54) is 10.5 Å². The number of piperazine rings is 1. The molecule has 194 valence electrons. The summed E-state index contributed by atoms with van der Waals surface area (Å²) in [5.74, 6) is -1.16. The fourth-order valence-corrected chi connectivity index (χ4v) is 5.28. The number of halogens is 1. The molecule has 2 heterocycles. The number of imide groups is 1. The number of carbonyl (C=O) groups excluding carboxylic acids is 3. The Balaban J connectivity index is 1.25. The van der Waals surface area contributed by atoms with Gasteiger partial charge in [0.15, 0.2) is 0 Å². The summed E-state index contributed by atoms with van der Waals surface area (Å²) in [6.45, 7) is 7.87. The van der Waals surface area contributed by atoms with Gasteiger partial charge in [0.2, 0.25) is 0 Å². The van der Waals surface area contributed by atoms with Gasteiger partial charge in [-0.1, -0.05) is 54.1 Å². The molecule has 0 spiro atoms. The molecule has 2 aliphatic heterocycles. The highest BCUT2D eigenvalue weighted by Gasteiger charge is 2.39. The molecule has 1 saturated heterocycles. The molecule has 0 aromatic heterocycles. The van der Waals surface area contributed by atoms with E-state index in [0.29, 0.717) is 30.0 Å². The van der Waals surface area contributed by atoms with E-state index in [9.17, 15) is 14.4 Å². The molecule has 0 atom stereocenters. The molecule has 0 radical (unpaired) electrons. The number of carbonyl (C=O) groups is 3. The second-order valence-corrected chi connectivity index (χ2v) is 10.3. The molecule has 3 aromatic rings. The zero-order valence-electron chi connectivity index (χ0n) is 21.5. The van der Waals surface area contributed by atoms with Crippen LogP contribution in [0.4, 0.5) is 11.4 Å². The quantitative estimate of drug-likeness (QED) is 0.481. The highest BCUT2D eigenvalue weighted by molar-refractivity contribution is 6.53. The normalized spacial score (nSPS) is 16.4. The van der Waals surface area contributed by atoms with E-state index in [2.05, 4.69) is 29.6 Å². The Hall–Kier alpha value is -3.94. The number of anilines is 2. The number of aryl methyl sites for hydroxylation is 2. The van der Waals surface area contributed by atoms with Crippen LogP contribution in [0.25, 0.3) is 0 Å². The number of amides is 3. The Morgan fingerprint density at radius 2 is 1.58 bits per heavy atom. The lowest BCUT2D eigenvalue weighted by molar-refractivity contribution is -0.917. The van der Waals surface area contributed by atoms with E-state index >= 15 is 0 Å². The third-order valence-corrected chi connectivity index (χ3v) is 7.28. The van der Waals surface area contributed by atoms with E-state index in [-0.39, 0.29) is 16.6 Å². The third kappa shape index (κ3) is 5.35. The lowest BCUT2D eigenvalue weighted by atomic mass is 10.1. The Morgan fingerprint density at radius 3 is 2.26 bits per heavy atom. The van der Waals surface area contributed by atoms with Gasteiger partial charge in [0.05, 0.1) is 31.9 Å². The van der Waals surface area contributed by atoms with Crippen LogP contribution in [0.3, 0.4) is 0 Å². The van der Waals surface area contributed by atoms with Crippen molar-refractivity contribution in [3.05, 3.63) is 106 Å². The third-order valence-electron chi connectivity index (χ3n) is 6.93. The maximum Gasteiger partial charge on any atom is 0.283 e. The fraction of sp³-hybridized carbons (Fsp3) is 0.233. The van der Waals surface area contributed by atoms with E-state index in [0.717, 1.165) is 35.7 Å². The largest absolute Gasteiger partial charge is 0.350 e. The van der Waals surface area contributed by atoms with Crippen molar-refractivity contribution in [2.45, 2.75) is 20.4 Å². The van der Waals surface area contributed by atoms with Crippen LogP contribution in [0.15, 0.2) is 83.5 Å². The molecule has 7 nitrogen and oxygen atoms in total. The van der Waals surface area contributed by atoms with Crippen LogP contribution in [-0.4, -0.2) is 48.8 Å². The standard InChI is InChI=1S/C30H29ClN4O3/c1-20-15-21(2)17-25(16-20)35-29(37)26(31)27(30(35)38)32-24-10-6-9-23(18-24)28(36)34-13-11-33(12-14-34)19-22-7-4-3-5-8-22/h3-10,15-18,32H,11-14,19H2,1-2H3/p+1. The van der Waals surface area contributed by atoms with Crippen LogP contribution >= 0.6 is 11.6 Å². The second kappa shape index (κ2) is 10.8. The first kappa shape index (κ1) is 25.7. The topological polar surface area (TPSA) is 74.2 Å². The Kier molecular flexibility index (Phi) is 7.31. The molecule has 2 aliphatic rings. The van der Waals surface area contributed by atoms with Crippen LogP contribution in [-0.2, 0) is 16.1 Å². The first-order chi connectivity index (χ1) is 18.3. The molecule has 0 bridgehead atoms. The van der Waals surface area contributed by atoms with Gasteiger partial charge < -0.3 is 15.1 Å². The summed E-state index contributed by atoms with van der Waals surface area (Å²) >= 11 is 6.32. The minimum Gasteiger partial charge on any atom is -0.350 e. The Morgan fingerprint density at radius 1 is 0.895 bits per heavy atom. The van der Waals surface area contributed by atoms with Gasteiger partial charge in [-0.25, -0.2) is 4.90 Å². The summed E-state index contributed by atoms with van der Waals surface area (Å²) < 4.78 is 0. The van der Waals surface area contributed by atoms with Gasteiger partial charge in [-0.05, 0) is 55.3 Å². The molecular formula is C30H30ClN4O3+. The highest BCUT2D eigenvalue weighted by Crippen LogP contribution is 2.31. The van der Waals surface area contributed by atoms with Crippen molar-refractivity contribution >= 4 is 40.7 Å². The summed E-state index contributed by atoms with van der Waals surface area (Å²) in [7, 11) is 0. The van der Waals surface area contributed by atoms with Crippen LogP contribution in [0.1, 0.15) is 27.0 Å². The minimum atomic E-state index is -0.577. The number of nitrogens with zero attached hydrogens (tertiary/aromatic N) is 2. The summed E-state index contributed by atoms with van der Waals surface area (Å²) in [5, 5.41) is 2.82. The molecule has 8 heteroatoms. The highest BCUT2D eigenvalue weighted by atomic mass is 35.5. The average Bonchev–Trinajstić information content (AvgIpc) is 3.12. The molecule has 3 aromatic carbocycles. The van der Waals surface area contributed by atoms with Gasteiger partial charge in [0.1, 0.15) is 17.3 Å². The van der Waals surface area contributed by atoms with Gasteiger partial charge in [0.25, 0.3) is 17.7 Å². The smallest absolute Gasteiger partial charge is 0.283 e. The SMILES string of the molecule is Cc1cc(C)cc(N2C(=O)C(Cl)=C(Nc3cccc(C(=O)N4CC[NH+](Cc5ccccc5)CC4)c3)C2=O)c1. The van der Waals surface area contributed by atoms with E-state index in [4.69, 9.17) is 11.6 Å². The lowest BCUT2D eigenvalue weighted by Crippen LogP contribution is -3.13. The van der Waals surface area contributed by atoms with Crippen molar-refractivity contribution in [3.8, 4) is 0 Å². The van der Waals surface area contributed by atoms with Gasteiger partial charge in [-0.15, -0.1) is 0 Å². The predicted molar refractivity (Wildman–Crippen MR) is 148 cm³/mol. The number of hydrogen-bond acceptors (Lipinski definition) is 4. The second-order valence-electron chi connectivity index (χ2n) is 9.89. The van der Waals surface area contributed by atoms with Gasteiger partial charge >= 0.3 is 0 Å². The summed E-state index contributed by atoms with van der Waals surface area (Å²) in [4.78, 5) is 43.7. The van der Waals surface area contributed by atoms with Crippen molar-refractivity contribution in [1.29, 1.82) is 0 Å². The molecule has 5 rings (SSSR count). The lowest BCUT2D eigenvalue weighted by Gasteiger charge is -2.32.